The number of hydrogen-bond donors (Lipinski definition) is 1. The number of benzene rings is 1. The number of carboxylic acid groups (broad SMARTS) is 1. The average Bonchev–Trinajstić information content (AvgIpc) is 2.42. The third-order valence-electron chi connectivity index (χ3n) is 1.95. The first kappa shape index (κ1) is 15.2. The lowest BCUT2D eigenvalue weighted by molar-refractivity contribution is -0.234. The summed E-state index contributed by atoms with van der Waals surface area (Å²) in [6.45, 7) is 0. The van der Waals surface area contributed by atoms with Gasteiger partial charge in [0.15, 0.2) is 0 Å². The van der Waals surface area contributed by atoms with E-state index < -0.39 is 36.9 Å². The Morgan fingerprint density at radius 1 is 0.900 bits per heavy atom. The van der Waals surface area contributed by atoms with Crippen molar-refractivity contribution >= 4 is 24.1 Å². The van der Waals surface area contributed by atoms with Crippen LogP contribution in [-0.4, -0.2) is 29.2 Å². The standard InChI is InChI=1S/C12H10O8/c13-9(18-12(16)17)6-7-10(14)19-20-11(15)8-4-2-1-3-5-8/h1-5H,6-7H2,(H,16,17). The smallest absolute Gasteiger partial charge is 0.449 e. The Balaban J connectivity index is 2.28. The SMILES string of the molecule is O=C(O)OC(=O)CCC(=O)OOC(=O)c1ccccc1. The van der Waals surface area contributed by atoms with Gasteiger partial charge in [-0.25, -0.2) is 24.2 Å². The molecule has 0 aliphatic rings. The summed E-state index contributed by atoms with van der Waals surface area (Å²) < 4.78 is 3.76. The second-order valence-corrected chi connectivity index (χ2v) is 3.43. The van der Waals surface area contributed by atoms with E-state index in [1.54, 1.807) is 18.2 Å². The van der Waals surface area contributed by atoms with Crippen LogP contribution >= 0.6 is 0 Å². The van der Waals surface area contributed by atoms with Gasteiger partial charge in [0.2, 0.25) is 0 Å². The largest absolute Gasteiger partial charge is 0.513 e. The van der Waals surface area contributed by atoms with Crippen LogP contribution in [0.2, 0.25) is 0 Å². The van der Waals surface area contributed by atoms with Crippen molar-refractivity contribution in [1.82, 2.24) is 0 Å². The zero-order chi connectivity index (χ0) is 15.0. The molecule has 0 saturated heterocycles. The molecular weight excluding hydrogens is 272 g/mol. The monoisotopic (exact) mass is 282 g/mol. The summed E-state index contributed by atoms with van der Waals surface area (Å²) in [6.07, 6.45) is -2.75. The lowest BCUT2D eigenvalue weighted by Gasteiger charge is -2.02. The highest BCUT2D eigenvalue weighted by atomic mass is 17.2. The molecule has 0 saturated carbocycles. The average molecular weight is 282 g/mol. The Kier molecular flexibility index (Phi) is 5.70. The van der Waals surface area contributed by atoms with Gasteiger partial charge in [0.25, 0.3) is 0 Å². The van der Waals surface area contributed by atoms with Crippen molar-refractivity contribution in [2.45, 2.75) is 12.8 Å². The molecule has 0 unspecified atom stereocenters. The van der Waals surface area contributed by atoms with Gasteiger partial charge in [-0.15, -0.1) is 0 Å². The summed E-state index contributed by atoms with van der Waals surface area (Å²) in [5, 5.41) is 8.12. The van der Waals surface area contributed by atoms with E-state index in [1.165, 1.54) is 12.1 Å². The van der Waals surface area contributed by atoms with Gasteiger partial charge in [0.1, 0.15) is 0 Å². The second kappa shape index (κ2) is 7.52. The number of carbonyl (C=O) groups is 4. The van der Waals surface area contributed by atoms with Gasteiger partial charge in [0.05, 0.1) is 18.4 Å². The number of carbonyl (C=O) groups excluding carboxylic acids is 3. The zero-order valence-electron chi connectivity index (χ0n) is 10.1. The van der Waals surface area contributed by atoms with Gasteiger partial charge >= 0.3 is 24.1 Å². The van der Waals surface area contributed by atoms with Gasteiger partial charge in [-0.2, -0.15) is 0 Å². The number of ether oxygens (including phenoxy) is 1. The molecule has 1 N–H and O–H groups in total. The van der Waals surface area contributed by atoms with Gasteiger partial charge in [-0.3, -0.25) is 4.79 Å². The van der Waals surface area contributed by atoms with E-state index in [4.69, 9.17) is 5.11 Å². The van der Waals surface area contributed by atoms with Crippen molar-refractivity contribution in [3.05, 3.63) is 35.9 Å². The molecule has 0 atom stereocenters. The minimum absolute atomic E-state index is 0.186. The Labute approximate surface area is 112 Å². The summed E-state index contributed by atoms with van der Waals surface area (Å²) in [4.78, 5) is 51.7. The molecule has 0 heterocycles. The maximum absolute atomic E-state index is 11.4. The van der Waals surface area contributed by atoms with Crippen molar-refractivity contribution in [3.63, 3.8) is 0 Å². The molecule has 20 heavy (non-hydrogen) atoms. The minimum Gasteiger partial charge on any atom is -0.449 e. The van der Waals surface area contributed by atoms with Gasteiger partial charge in [-0.05, 0) is 12.1 Å². The lowest BCUT2D eigenvalue weighted by atomic mass is 10.2. The quantitative estimate of drug-likeness (QED) is 0.380. The Bertz CT molecular complexity index is 507. The van der Waals surface area contributed by atoms with Crippen molar-refractivity contribution in [2.75, 3.05) is 0 Å². The molecule has 0 fully saturated rings. The summed E-state index contributed by atoms with van der Waals surface area (Å²) >= 11 is 0. The minimum atomic E-state index is -1.76. The van der Waals surface area contributed by atoms with Crippen LogP contribution in [0.25, 0.3) is 0 Å². The number of rotatable bonds is 4. The van der Waals surface area contributed by atoms with E-state index >= 15 is 0 Å². The van der Waals surface area contributed by atoms with Crippen molar-refractivity contribution in [2.24, 2.45) is 0 Å². The van der Waals surface area contributed by atoms with Gasteiger partial charge < -0.3 is 9.84 Å². The van der Waals surface area contributed by atoms with Crippen LogP contribution in [0.1, 0.15) is 23.2 Å². The maximum atomic E-state index is 11.4. The molecule has 0 bridgehead atoms. The number of hydrogen-bond acceptors (Lipinski definition) is 7. The first-order valence-electron chi connectivity index (χ1n) is 5.39. The molecule has 0 aliphatic heterocycles. The highest BCUT2D eigenvalue weighted by Gasteiger charge is 2.15. The summed E-state index contributed by atoms with van der Waals surface area (Å²) in [7, 11) is 0. The highest BCUT2D eigenvalue weighted by molar-refractivity contribution is 5.89. The van der Waals surface area contributed by atoms with Crippen LogP contribution in [0.15, 0.2) is 30.3 Å². The molecule has 0 spiro atoms. The third kappa shape index (κ3) is 5.63. The molecule has 1 rings (SSSR count). The summed E-state index contributed by atoms with van der Waals surface area (Å²) in [5.41, 5.74) is 0.186. The van der Waals surface area contributed by atoms with Crippen LogP contribution in [-0.2, 0) is 24.1 Å². The molecule has 0 radical (unpaired) electrons. The molecule has 0 amide bonds. The van der Waals surface area contributed by atoms with Crippen LogP contribution in [0.4, 0.5) is 4.79 Å². The third-order valence-corrected chi connectivity index (χ3v) is 1.95. The van der Waals surface area contributed by atoms with E-state index in [1.807, 2.05) is 0 Å². The van der Waals surface area contributed by atoms with Crippen LogP contribution in [0.3, 0.4) is 0 Å². The summed E-state index contributed by atoms with van der Waals surface area (Å²) in [5.74, 6) is -2.98. The molecule has 8 heteroatoms. The topological polar surface area (TPSA) is 116 Å². The van der Waals surface area contributed by atoms with Crippen molar-refractivity contribution in [1.29, 1.82) is 0 Å². The van der Waals surface area contributed by atoms with E-state index in [9.17, 15) is 19.2 Å². The zero-order valence-corrected chi connectivity index (χ0v) is 10.1. The number of esters is 1. The van der Waals surface area contributed by atoms with Gasteiger partial charge in [-0.1, -0.05) is 18.2 Å². The first-order valence-corrected chi connectivity index (χ1v) is 5.39. The normalized spacial score (nSPS) is 9.40. The highest BCUT2D eigenvalue weighted by Crippen LogP contribution is 2.03. The fourth-order valence-corrected chi connectivity index (χ4v) is 1.10. The van der Waals surface area contributed by atoms with E-state index in [0.717, 1.165) is 0 Å². The van der Waals surface area contributed by atoms with Crippen LogP contribution < -0.4 is 0 Å². The summed E-state index contributed by atoms with van der Waals surface area (Å²) in [6, 6.07) is 7.80. The Morgan fingerprint density at radius 3 is 2.10 bits per heavy atom. The lowest BCUT2D eigenvalue weighted by Crippen LogP contribution is -2.15. The Hall–Kier alpha value is -2.90. The van der Waals surface area contributed by atoms with Crippen molar-refractivity contribution in [3.8, 4) is 0 Å². The maximum Gasteiger partial charge on any atom is 0.513 e. The first-order chi connectivity index (χ1) is 9.49. The molecule has 0 aromatic heterocycles. The molecule has 1 aromatic rings. The molecule has 0 aliphatic carbocycles. The van der Waals surface area contributed by atoms with E-state index in [0.29, 0.717) is 0 Å². The van der Waals surface area contributed by atoms with Crippen LogP contribution in [0, 0.1) is 0 Å². The predicted octanol–water partition coefficient (Wildman–Crippen LogP) is 1.30. The second-order valence-electron chi connectivity index (χ2n) is 3.43. The molecular formula is C12H10O8. The van der Waals surface area contributed by atoms with E-state index in [-0.39, 0.29) is 5.56 Å². The fraction of sp³-hybridized carbons (Fsp3) is 0.167. The molecule has 8 nitrogen and oxygen atoms in total. The van der Waals surface area contributed by atoms with Crippen molar-refractivity contribution < 1.29 is 38.8 Å². The van der Waals surface area contributed by atoms with E-state index in [2.05, 4.69) is 14.5 Å². The van der Waals surface area contributed by atoms with Crippen LogP contribution in [0.5, 0.6) is 0 Å². The van der Waals surface area contributed by atoms with Gasteiger partial charge in [0, 0.05) is 0 Å². The molecule has 1 aromatic carbocycles. The Morgan fingerprint density at radius 2 is 1.50 bits per heavy atom. The molecule has 106 valence electrons. The fourth-order valence-electron chi connectivity index (χ4n) is 1.10. The predicted molar refractivity (Wildman–Crippen MR) is 61.3 cm³/mol.